The lowest BCUT2D eigenvalue weighted by atomic mass is 10.1. The summed E-state index contributed by atoms with van der Waals surface area (Å²) in [6, 6.07) is 4.42. The fraction of sp³-hybridized carbons (Fsp3) is 0.364. The number of hydrogen-bond donors (Lipinski definition) is 2. The molecule has 0 atom stereocenters. The van der Waals surface area contributed by atoms with Crippen LogP contribution in [0.15, 0.2) is 18.2 Å². The number of carbonyl (C=O) groups is 1. The summed E-state index contributed by atoms with van der Waals surface area (Å²) >= 11 is 0. The summed E-state index contributed by atoms with van der Waals surface area (Å²) in [5.41, 5.74) is 5.77. The number of hydrogen-bond acceptors (Lipinski definition) is 3. The Balaban J connectivity index is 3.12. The minimum atomic E-state index is -0.533. The van der Waals surface area contributed by atoms with E-state index < -0.39 is 11.7 Å². The van der Waals surface area contributed by atoms with Gasteiger partial charge in [0, 0.05) is 12.1 Å². The lowest BCUT2D eigenvalue weighted by Gasteiger charge is -2.24. The number of aliphatic hydroxyl groups is 1. The molecule has 1 amide bonds. The number of likely N-dealkylation sites (N-methyl/N-ethyl adjacent to an activating group) is 1. The molecule has 88 valence electrons. The molecule has 0 heterocycles. The number of primary amides is 1. The van der Waals surface area contributed by atoms with Crippen LogP contribution in [0, 0.1) is 5.82 Å². The number of halogens is 1. The van der Waals surface area contributed by atoms with E-state index in [9.17, 15) is 9.18 Å². The predicted molar refractivity (Wildman–Crippen MR) is 59.4 cm³/mol. The Hall–Kier alpha value is -1.62. The summed E-state index contributed by atoms with van der Waals surface area (Å²) < 4.78 is 13.6. The van der Waals surface area contributed by atoms with Gasteiger partial charge in [0.05, 0.1) is 18.8 Å². The normalized spacial score (nSPS) is 10.2. The quantitative estimate of drug-likeness (QED) is 0.773. The van der Waals surface area contributed by atoms with Crippen molar-refractivity contribution in [2.45, 2.75) is 13.5 Å². The zero-order valence-corrected chi connectivity index (χ0v) is 9.11. The third-order valence-corrected chi connectivity index (χ3v) is 2.29. The van der Waals surface area contributed by atoms with E-state index in [2.05, 4.69) is 0 Å². The number of nitrogens with zero attached hydrogens (tertiary/aromatic N) is 1. The Morgan fingerprint density at radius 1 is 1.56 bits per heavy atom. The standard InChI is InChI=1S/C11H15FN2O2/c1-2-14(6-10(13)16)11-8(7-15)4-3-5-9(11)12/h3-5,15H,2,6-7H2,1H3,(H2,13,16). The van der Waals surface area contributed by atoms with Gasteiger partial charge in [-0.15, -0.1) is 0 Å². The number of amides is 1. The second-order valence-electron chi connectivity index (χ2n) is 3.39. The Kier molecular flexibility index (Phi) is 4.25. The zero-order valence-electron chi connectivity index (χ0n) is 9.11. The molecule has 0 aliphatic heterocycles. The zero-order chi connectivity index (χ0) is 12.1. The molecule has 0 saturated carbocycles. The van der Waals surface area contributed by atoms with Crippen molar-refractivity contribution in [2.24, 2.45) is 5.73 Å². The summed E-state index contributed by atoms with van der Waals surface area (Å²) in [7, 11) is 0. The molecule has 0 unspecified atom stereocenters. The van der Waals surface area contributed by atoms with Gasteiger partial charge in [-0.05, 0) is 13.0 Å². The molecule has 0 aromatic heterocycles. The Bertz CT molecular complexity index is 382. The van der Waals surface area contributed by atoms with E-state index in [1.807, 2.05) is 0 Å². The van der Waals surface area contributed by atoms with E-state index in [-0.39, 0.29) is 18.8 Å². The van der Waals surface area contributed by atoms with Crippen LogP contribution in [0.5, 0.6) is 0 Å². The molecule has 4 nitrogen and oxygen atoms in total. The smallest absolute Gasteiger partial charge is 0.236 e. The Labute approximate surface area is 93.5 Å². The third kappa shape index (κ3) is 2.70. The molecular weight excluding hydrogens is 211 g/mol. The fourth-order valence-corrected chi connectivity index (χ4v) is 1.58. The van der Waals surface area contributed by atoms with Crippen LogP contribution >= 0.6 is 0 Å². The van der Waals surface area contributed by atoms with Crippen molar-refractivity contribution in [1.29, 1.82) is 0 Å². The van der Waals surface area contributed by atoms with E-state index in [1.54, 1.807) is 13.0 Å². The molecule has 0 aliphatic carbocycles. The first kappa shape index (κ1) is 12.4. The third-order valence-electron chi connectivity index (χ3n) is 2.29. The van der Waals surface area contributed by atoms with Crippen molar-refractivity contribution in [3.8, 4) is 0 Å². The molecular formula is C11H15FN2O2. The van der Waals surface area contributed by atoms with Crippen LogP contribution in [0.25, 0.3) is 0 Å². The Morgan fingerprint density at radius 3 is 2.75 bits per heavy atom. The lowest BCUT2D eigenvalue weighted by Crippen LogP contribution is -2.34. The van der Waals surface area contributed by atoms with Crippen molar-refractivity contribution < 1.29 is 14.3 Å². The van der Waals surface area contributed by atoms with Gasteiger partial charge in [0.2, 0.25) is 5.91 Å². The SMILES string of the molecule is CCN(CC(N)=O)c1c(F)cccc1CO. The van der Waals surface area contributed by atoms with Crippen LogP contribution in [0.3, 0.4) is 0 Å². The van der Waals surface area contributed by atoms with Crippen molar-refractivity contribution in [3.05, 3.63) is 29.6 Å². The number of anilines is 1. The van der Waals surface area contributed by atoms with Crippen LogP contribution in [-0.2, 0) is 11.4 Å². The Morgan fingerprint density at radius 2 is 2.25 bits per heavy atom. The molecule has 1 aromatic carbocycles. The maximum absolute atomic E-state index is 13.6. The van der Waals surface area contributed by atoms with Gasteiger partial charge in [0.25, 0.3) is 0 Å². The topological polar surface area (TPSA) is 66.6 Å². The predicted octanol–water partition coefficient (Wildman–Crippen LogP) is 0.630. The summed E-state index contributed by atoms with van der Waals surface area (Å²) in [6.45, 7) is 1.89. The maximum Gasteiger partial charge on any atom is 0.236 e. The number of benzene rings is 1. The summed E-state index contributed by atoms with van der Waals surface area (Å²) in [5.74, 6) is -0.997. The van der Waals surface area contributed by atoms with Gasteiger partial charge in [0.15, 0.2) is 0 Å². The maximum atomic E-state index is 13.6. The van der Waals surface area contributed by atoms with E-state index in [4.69, 9.17) is 10.8 Å². The van der Waals surface area contributed by atoms with Crippen molar-refractivity contribution in [3.63, 3.8) is 0 Å². The fourth-order valence-electron chi connectivity index (χ4n) is 1.58. The molecule has 0 aliphatic rings. The molecule has 0 fully saturated rings. The first-order chi connectivity index (χ1) is 7.60. The summed E-state index contributed by atoms with van der Waals surface area (Å²) in [5, 5.41) is 9.11. The number of aliphatic hydroxyl groups excluding tert-OH is 1. The molecule has 0 spiro atoms. The molecule has 16 heavy (non-hydrogen) atoms. The van der Waals surface area contributed by atoms with Crippen LogP contribution in [0.1, 0.15) is 12.5 Å². The van der Waals surface area contributed by atoms with E-state index in [0.717, 1.165) is 0 Å². The minimum absolute atomic E-state index is 0.0650. The van der Waals surface area contributed by atoms with Gasteiger partial charge in [0.1, 0.15) is 5.82 Å². The molecule has 1 rings (SSSR count). The highest BCUT2D eigenvalue weighted by Gasteiger charge is 2.15. The molecule has 1 aromatic rings. The summed E-state index contributed by atoms with van der Waals surface area (Å²) in [4.78, 5) is 12.4. The highest BCUT2D eigenvalue weighted by molar-refractivity contribution is 5.80. The first-order valence-electron chi connectivity index (χ1n) is 5.01. The number of rotatable bonds is 5. The highest BCUT2D eigenvalue weighted by Crippen LogP contribution is 2.24. The van der Waals surface area contributed by atoms with Gasteiger partial charge in [-0.3, -0.25) is 4.79 Å². The molecule has 0 saturated heterocycles. The van der Waals surface area contributed by atoms with Crippen molar-refractivity contribution in [1.82, 2.24) is 0 Å². The molecule has 0 radical (unpaired) electrons. The summed E-state index contributed by atoms with van der Waals surface area (Å²) in [6.07, 6.45) is 0. The molecule has 5 heteroatoms. The van der Waals surface area contributed by atoms with Crippen LogP contribution in [0.2, 0.25) is 0 Å². The van der Waals surface area contributed by atoms with Gasteiger partial charge in [-0.1, -0.05) is 12.1 Å². The number of nitrogens with two attached hydrogens (primary N) is 1. The first-order valence-corrected chi connectivity index (χ1v) is 5.01. The molecule has 3 N–H and O–H groups in total. The van der Waals surface area contributed by atoms with Gasteiger partial charge in [-0.2, -0.15) is 0 Å². The highest BCUT2D eigenvalue weighted by atomic mass is 19.1. The van der Waals surface area contributed by atoms with E-state index in [1.165, 1.54) is 17.0 Å². The minimum Gasteiger partial charge on any atom is -0.392 e. The molecule has 0 bridgehead atoms. The average molecular weight is 226 g/mol. The second-order valence-corrected chi connectivity index (χ2v) is 3.39. The van der Waals surface area contributed by atoms with Crippen molar-refractivity contribution in [2.75, 3.05) is 18.0 Å². The largest absolute Gasteiger partial charge is 0.392 e. The number of carbonyl (C=O) groups excluding carboxylic acids is 1. The van der Waals surface area contributed by atoms with Gasteiger partial charge < -0.3 is 15.7 Å². The van der Waals surface area contributed by atoms with Gasteiger partial charge >= 0.3 is 0 Å². The second kappa shape index (κ2) is 5.46. The lowest BCUT2D eigenvalue weighted by molar-refractivity contribution is -0.116. The van der Waals surface area contributed by atoms with Crippen LogP contribution < -0.4 is 10.6 Å². The van der Waals surface area contributed by atoms with E-state index >= 15 is 0 Å². The van der Waals surface area contributed by atoms with Crippen LogP contribution in [-0.4, -0.2) is 24.1 Å². The monoisotopic (exact) mass is 226 g/mol. The number of para-hydroxylation sites is 1. The van der Waals surface area contributed by atoms with E-state index in [0.29, 0.717) is 12.1 Å². The van der Waals surface area contributed by atoms with Crippen LogP contribution in [0.4, 0.5) is 10.1 Å². The van der Waals surface area contributed by atoms with Gasteiger partial charge in [-0.25, -0.2) is 4.39 Å². The average Bonchev–Trinajstić information content (AvgIpc) is 2.25. The van der Waals surface area contributed by atoms with Crippen molar-refractivity contribution >= 4 is 11.6 Å².